The lowest BCUT2D eigenvalue weighted by molar-refractivity contribution is -0.437. The minimum absolute atomic E-state index is 0.00974. The number of hydrogen-bond donors (Lipinski definition) is 4. The zero-order valence-corrected chi connectivity index (χ0v) is 20.8. The second kappa shape index (κ2) is 13.2. The maximum absolute atomic E-state index is 12.4. The molecule has 0 heterocycles. The second-order valence-corrected chi connectivity index (χ2v) is 8.73. The van der Waals surface area contributed by atoms with Crippen LogP contribution in [0, 0.1) is 10.4 Å². The highest BCUT2D eigenvalue weighted by molar-refractivity contribution is 6.31. The summed E-state index contributed by atoms with van der Waals surface area (Å²) in [6.07, 6.45) is -0.0505. The minimum atomic E-state index is -0.758. The van der Waals surface area contributed by atoms with E-state index < -0.39 is 17.7 Å². The third-order valence-corrected chi connectivity index (χ3v) is 4.36. The number of nitrogens with one attached hydrogen (secondary N) is 4. The van der Waals surface area contributed by atoms with Gasteiger partial charge in [0.1, 0.15) is 17.0 Å². The number of urea groups is 1. The topological polar surface area (TPSA) is 162 Å². The molecule has 0 aliphatic carbocycles. The number of alkyl carbamates (subject to hydrolysis) is 1. The number of carbonyl (C=O) groups is 2. The number of halogens is 1. The van der Waals surface area contributed by atoms with Gasteiger partial charge in [0.15, 0.2) is 5.82 Å². The Bertz CT molecular complexity index is 1120. The van der Waals surface area contributed by atoms with Gasteiger partial charge in [-0.2, -0.15) is 0 Å². The molecule has 0 aliphatic heterocycles. The molecule has 0 saturated heterocycles. The predicted octanol–water partition coefficient (Wildman–Crippen LogP) is 5.43. The Labute approximate surface area is 213 Å². The molecule has 0 unspecified atom stereocenters. The van der Waals surface area contributed by atoms with Gasteiger partial charge >= 0.3 is 12.1 Å². The average molecular weight is 520 g/mol. The van der Waals surface area contributed by atoms with Crippen molar-refractivity contribution in [2.75, 3.05) is 23.9 Å². The number of hydrogen-bond acceptors (Lipinski definition) is 8. The molecule has 0 aliphatic rings. The van der Waals surface area contributed by atoms with Crippen LogP contribution >= 0.6 is 11.6 Å². The van der Waals surface area contributed by atoms with Crippen molar-refractivity contribution in [2.45, 2.75) is 32.8 Å². The molecule has 12 nitrogen and oxygen atoms in total. The van der Waals surface area contributed by atoms with E-state index in [4.69, 9.17) is 21.1 Å². The standard InChI is InChI=1S/C23H28ClN6O6/c1-15(28-30(34)19-9-6-5-8-17(19)29-33)26-21(31)27-18-14-16(24)10-11-20(18)35-13-7-12-25-22(32)36-23(2,3)4/h5-6,8-11,14,29H,1,7,12-13H2,2-4H3,(H,25,32)(H2,26,27,31)/q-1/b30-28+. The van der Waals surface area contributed by atoms with Crippen LogP contribution in [-0.4, -0.2) is 35.7 Å². The summed E-state index contributed by atoms with van der Waals surface area (Å²) in [5, 5.41) is 34.6. The van der Waals surface area contributed by atoms with Crippen LogP contribution in [0.1, 0.15) is 27.2 Å². The van der Waals surface area contributed by atoms with E-state index in [1.54, 1.807) is 50.5 Å². The van der Waals surface area contributed by atoms with Crippen molar-refractivity contribution in [3.05, 3.63) is 70.3 Å². The number of para-hydroxylation sites is 2. The summed E-state index contributed by atoms with van der Waals surface area (Å²) in [6.45, 7) is 9.39. The molecule has 2 rings (SSSR count). The maximum atomic E-state index is 12.4. The van der Waals surface area contributed by atoms with Crippen LogP contribution in [0.5, 0.6) is 5.75 Å². The number of amides is 3. The van der Waals surface area contributed by atoms with E-state index in [1.807, 2.05) is 0 Å². The zero-order chi connectivity index (χ0) is 26.7. The first-order chi connectivity index (χ1) is 17.0. The predicted molar refractivity (Wildman–Crippen MR) is 136 cm³/mol. The molecule has 0 spiro atoms. The van der Waals surface area contributed by atoms with Crippen molar-refractivity contribution in [3.8, 4) is 5.75 Å². The van der Waals surface area contributed by atoms with Gasteiger partial charge in [-0.05, 0) is 62.9 Å². The van der Waals surface area contributed by atoms with Crippen molar-refractivity contribution in [3.63, 3.8) is 0 Å². The average Bonchev–Trinajstić information content (AvgIpc) is 2.78. The van der Waals surface area contributed by atoms with Gasteiger partial charge in [0, 0.05) is 22.7 Å². The summed E-state index contributed by atoms with van der Waals surface area (Å²) in [6, 6.07) is 9.78. The Hall–Kier alpha value is -4.03. The normalized spacial score (nSPS) is 11.3. The Kier molecular flexibility index (Phi) is 10.3. The fraction of sp³-hybridized carbons (Fsp3) is 0.304. The summed E-state index contributed by atoms with van der Waals surface area (Å²) < 4.78 is 10.9. The molecule has 0 fully saturated rings. The first kappa shape index (κ1) is 28.2. The van der Waals surface area contributed by atoms with Crippen molar-refractivity contribution < 1.29 is 23.9 Å². The van der Waals surface area contributed by atoms with Crippen molar-refractivity contribution in [1.82, 2.24) is 10.6 Å². The van der Waals surface area contributed by atoms with Crippen LogP contribution in [0.4, 0.5) is 26.7 Å². The van der Waals surface area contributed by atoms with Crippen molar-refractivity contribution in [2.24, 2.45) is 5.11 Å². The molecule has 0 bridgehead atoms. The lowest BCUT2D eigenvalue weighted by atomic mass is 10.2. The Morgan fingerprint density at radius 1 is 1.17 bits per heavy atom. The third kappa shape index (κ3) is 9.68. The van der Waals surface area contributed by atoms with Crippen LogP contribution < -0.4 is 26.2 Å². The highest BCUT2D eigenvalue weighted by Crippen LogP contribution is 2.28. The lowest BCUT2D eigenvalue weighted by Crippen LogP contribution is -2.33. The molecule has 2 aromatic carbocycles. The summed E-state index contributed by atoms with van der Waals surface area (Å²) >= 11 is 6.04. The molecular weight excluding hydrogens is 492 g/mol. The molecule has 2 aromatic rings. The second-order valence-electron chi connectivity index (χ2n) is 8.29. The van der Waals surface area contributed by atoms with Gasteiger partial charge in [-0.1, -0.05) is 23.7 Å². The number of rotatable bonds is 10. The summed E-state index contributed by atoms with van der Waals surface area (Å²) in [4.78, 5) is 24.2. The number of anilines is 2. The van der Waals surface area contributed by atoms with Crippen molar-refractivity contribution >= 4 is 40.8 Å². The largest absolute Gasteiger partial charge is 0.761 e. The Morgan fingerprint density at radius 2 is 1.89 bits per heavy atom. The Balaban J connectivity index is 1.91. The molecule has 3 amide bonds. The smallest absolute Gasteiger partial charge is 0.407 e. The van der Waals surface area contributed by atoms with E-state index in [9.17, 15) is 20.0 Å². The van der Waals surface area contributed by atoms with E-state index in [0.717, 1.165) is 0 Å². The van der Waals surface area contributed by atoms with Crippen LogP contribution in [0.2, 0.25) is 5.02 Å². The highest BCUT2D eigenvalue weighted by atomic mass is 35.5. The van der Waals surface area contributed by atoms with E-state index in [2.05, 4.69) is 27.6 Å². The lowest BCUT2D eigenvalue weighted by Gasteiger charge is -2.19. The molecule has 4 N–H and O–H groups in total. The van der Waals surface area contributed by atoms with Gasteiger partial charge in [0.05, 0.1) is 12.3 Å². The van der Waals surface area contributed by atoms with E-state index in [1.165, 1.54) is 18.2 Å². The van der Waals surface area contributed by atoms with Gasteiger partial charge in [-0.25, -0.2) is 9.59 Å². The first-order valence-corrected chi connectivity index (χ1v) is 11.2. The number of ether oxygens (including phenoxy) is 2. The Morgan fingerprint density at radius 3 is 2.58 bits per heavy atom. The van der Waals surface area contributed by atoms with Crippen LogP contribution in [0.3, 0.4) is 0 Å². The number of nitrogens with zero attached hydrogens (tertiary/aromatic N) is 2. The summed E-state index contributed by atoms with van der Waals surface area (Å²) in [5.74, 6) is 0.0520. The molecule has 194 valence electrons. The monoisotopic (exact) mass is 519 g/mol. The molecule has 0 radical (unpaired) electrons. The van der Waals surface area contributed by atoms with Crippen LogP contribution in [-0.2, 0) is 4.74 Å². The van der Waals surface area contributed by atoms with Gasteiger partial charge in [-0.3, -0.25) is 5.32 Å². The van der Waals surface area contributed by atoms with Gasteiger partial charge in [0.25, 0.3) is 5.69 Å². The third-order valence-electron chi connectivity index (χ3n) is 4.13. The van der Waals surface area contributed by atoms with Gasteiger partial charge in [0.2, 0.25) is 0 Å². The molecule has 36 heavy (non-hydrogen) atoms. The van der Waals surface area contributed by atoms with Crippen LogP contribution in [0.15, 0.2) is 60.0 Å². The van der Waals surface area contributed by atoms with Crippen LogP contribution in [0.25, 0.3) is 0 Å². The summed E-state index contributed by atoms with van der Waals surface area (Å²) in [5.41, 5.74) is 1.26. The molecular formula is C23H28ClN6O6-. The number of carbonyl (C=O) groups excluding carboxylic acids is 2. The van der Waals surface area contributed by atoms with E-state index >= 15 is 0 Å². The molecule has 0 aromatic heterocycles. The van der Waals surface area contributed by atoms with Crippen molar-refractivity contribution in [1.29, 1.82) is 0 Å². The first-order valence-electron chi connectivity index (χ1n) is 10.8. The molecule has 13 heteroatoms. The fourth-order valence-corrected chi connectivity index (χ4v) is 2.86. The fourth-order valence-electron chi connectivity index (χ4n) is 2.68. The number of azo groups is 1. The number of benzene rings is 2. The highest BCUT2D eigenvalue weighted by Gasteiger charge is 2.16. The van der Waals surface area contributed by atoms with E-state index in [-0.39, 0.29) is 34.4 Å². The minimum Gasteiger partial charge on any atom is -0.761 e. The summed E-state index contributed by atoms with van der Waals surface area (Å²) in [7, 11) is 0. The zero-order valence-electron chi connectivity index (χ0n) is 20.1. The molecule has 0 atom stereocenters. The van der Waals surface area contributed by atoms with Gasteiger partial charge in [-0.15, -0.1) is 0 Å². The molecule has 0 saturated carbocycles. The maximum Gasteiger partial charge on any atom is 0.407 e. The SMILES string of the molecule is C=C(/N=[N+](/[O-])c1ccccc1N[O-])NC(=O)Nc1cc(Cl)ccc1OCCCNC(=O)OC(C)(C)C. The van der Waals surface area contributed by atoms with E-state index in [0.29, 0.717) is 23.7 Å². The van der Waals surface area contributed by atoms with Gasteiger partial charge < -0.3 is 36.0 Å². The quantitative estimate of drug-likeness (QED) is 0.141.